The van der Waals surface area contributed by atoms with E-state index in [1.54, 1.807) is 0 Å². The third-order valence-corrected chi connectivity index (χ3v) is 3.79. The van der Waals surface area contributed by atoms with E-state index >= 15 is 0 Å². The van der Waals surface area contributed by atoms with E-state index in [-0.39, 0.29) is 6.42 Å². The first-order chi connectivity index (χ1) is 10.6. The minimum absolute atomic E-state index is 0.225. The molecule has 0 aliphatic carbocycles. The molecule has 0 atom stereocenters. The van der Waals surface area contributed by atoms with Gasteiger partial charge in [0.1, 0.15) is 0 Å². The van der Waals surface area contributed by atoms with E-state index < -0.39 is 5.97 Å². The zero-order valence-electron chi connectivity index (χ0n) is 13.2. The minimum Gasteiger partial charge on any atom is -0.481 e. The fourth-order valence-electron chi connectivity index (χ4n) is 2.57. The van der Waals surface area contributed by atoms with Crippen molar-refractivity contribution in [3.63, 3.8) is 0 Å². The Labute approximate surface area is 132 Å². The van der Waals surface area contributed by atoms with Crippen molar-refractivity contribution in [1.82, 2.24) is 0 Å². The van der Waals surface area contributed by atoms with E-state index in [4.69, 9.17) is 5.11 Å². The van der Waals surface area contributed by atoms with Gasteiger partial charge in [-0.3, -0.25) is 4.79 Å². The van der Waals surface area contributed by atoms with Crippen LogP contribution in [0.1, 0.15) is 40.7 Å². The zero-order valence-corrected chi connectivity index (χ0v) is 13.2. The first kappa shape index (κ1) is 16.0. The van der Waals surface area contributed by atoms with Gasteiger partial charge in [-0.05, 0) is 54.5 Å². The largest absolute Gasteiger partial charge is 0.481 e. The molecule has 0 bridgehead atoms. The fraction of sp³-hybridized carbons (Fsp3) is 0.250. The molecule has 1 N–H and O–H groups in total. The van der Waals surface area contributed by atoms with Gasteiger partial charge in [-0.1, -0.05) is 54.6 Å². The molecule has 2 aromatic rings. The number of carboxylic acids is 1. The second-order valence-corrected chi connectivity index (χ2v) is 5.63. The van der Waals surface area contributed by atoms with E-state index in [0.29, 0.717) is 6.42 Å². The van der Waals surface area contributed by atoms with Crippen LogP contribution in [0.2, 0.25) is 0 Å². The summed E-state index contributed by atoms with van der Waals surface area (Å²) in [6.07, 6.45) is 5.98. The molecule has 0 radical (unpaired) electrons. The molecule has 0 saturated carbocycles. The molecule has 2 aromatic carbocycles. The van der Waals surface area contributed by atoms with Gasteiger partial charge in [-0.15, -0.1) is 0 Å². The van der Waals surface area contributed by atoms with Crippen molar-refractivity contribution in [3.05, 3.63) is 70.3 Å². The summed E-state index contributed by atoms with van der Waals surface area (Å²) in [5.41, 5.74) is 6.14. The topological polar surface area (TPSA) is 37.3 Å². The summed E-state index contributed by atoms with van der Waals surface area (Å²) in [6.45, 7) is 4.24. The lowest BCUT2D eigenvalue weighted by molar-refractivity contribution is -0.137. The quantitative estimate of drug-likeness (QED) is 0.771. The van der Waals surface area contributed by atoms with Gasteiger partial charge in [0.05, 0.1) is 0 Å². The lowest BCUT2D eigenvalue weighted by Crippen LogP contribution is -1.95. The van der Waals surface area contributed by atoms with E-state index in [2.05, 4.69) is 62.4 Å². The van der Waals surface area contributed by atoms with Gasteiger partial charge < -0.3 is 5.11 Å². The molecule has 0 saturated heterocycles. The van der Waals surface area contributed by atoms with Gasteiger partial charge in [0, 0.05) is 6.42 Å². The van der Waals surface area contributed by atoms with E-state index in [0.717, 1.165) is 12.0 Å². The number of hydrogen-bond acceptors (Lipinski definition) is 1. The van der Waals surface area contributed by atoms with E-state index in [1.807, 2.05) is 6.07 Å². The Morgan fingerprint density at radius 1 is 1.05 bits per heavy atom. The molecule has 2 nitrogen and oxygen atoms in total. The molecule has 0 aromatic heterocycles. The molecule has 22 heavy (non-hydrogen) atoms. The van der Waals surface area contributed by atoms with Crippen LogP contribution in [0.4, 0.5) is 0 Å². The van der Waals surface area contributed by atoms with Crippen molar-refractivity contribution < 1.29 is 9.90 Å². The Kier molecular flexibility index (Phi) is 5.54. The molecule has 0 heterocycles. The monoisotopic (exact) mass is 294 g/mol. The standard InChI is InChI=1S/C20H22O2/c1-15-6-3-7-16(2)19(15)13-12-18-9-4-8-17(14-18)10-5-11-20(21)22/h3-4,6-9,12-14H,5,10-11H2,1-2H3,(H,21,22). The summed E-state index contributed by atoms with van der Waals surface area (Å²) < 4.78 is 0. The van der Waals surface area contributed by atoms with Crippen LogP contribution in [0.25, 0.3) is 12.2 Å². The highest BCUT2D eigenvalue weighted by atomic mass is 16.4. The second-order valence-electron chi connectivity index (χ2n) is 5.63. The van der Waals surface area contributed by atoms with Crippen molar-refractivity contribution in [2.24, 2.45) is 0 Å². The maximum atomic E-state index is 10.6. The van der Waals surface area contributed by atoms with Crippen LogP contribution in [-0.4, -0.2) is 11.1 Å². The fourth-order valence-corrected chi connectivity index (χ4v) is 2.57. The normalized spacial score (nSPS) is 11.0. The summed E-state index contributed by atoms with van der Waals surface area (Å²) in [5, 5.41) is 8.70. The van der Waals surface area contributed by atoms with Gasteiger partial charge in [0.15, 0.2) is 0 Å². The number of carboxylic acid groups (broad SMARTS) is 1. The summed E-state index contributed by atoms with van der Waals surface area (Å²) in [7, 11) is 0. The highest BCUT2D eigenvalue weighted by Crippen LogP contribution is 2.17. The third kappa shape index (κ3) is 4.59. The molecule has 0 fully saturated rings. The van der Waals surface area contributed by atoms with Crippen LogP contribution in [-0.2, 0) is 11.2 Å². The highest BCUT2D eigenvalue weighted by molar-refractivity contribution is 5.73. The third-order valence-electron chi connectivity index (χ3n) is 3.79. The first-order valence-electron chi connectivity index (χ1n) is 7.61. The van der Waals surface area contributed by atoms with Crippen LogP contribution in [0.15, 0.2) is 42.5 Å². The van der Waals surface area contributed by atoms with Crippen LogP contribution in [0, 0.1) is 13.8 Å². The maximum Gasteiger partial charge on any atom is 0.303 e. The van der Waals surface area contributed by atoms with Crippen LogP contribution in [0.5, 0.6) is 0 Å². The SMILES string of the molecule is Cc1cccc(C)c1C=Cc1cccc(CCCC(=O)O)c1. The van der Waals surface area contributed by atoms with Crippen molar-refractivity contribution >= 4 is 18.1 Å². The number of hydrogen-bond donors (Lipinski definition) is 1. The maximum absolute atomic E-state index is 10.6. The Hall–Kier alpha value is -2.35. The molecule has 2 rings (SSSR count). The number of carbonyl (C=O) groups is 1. The number of rotatable bonds is 6. The zero-order chi connectivity index (χ0) is 15.9. The van der Waals surface area contributed by atoms with Gasteiger partial charge in [-0.2, -0.15) is 0 Å². The Bertz CT molecular complexity index is 664. The summed E-state index contributed by atoms with van der Waals surface area (Å²) >= 11 is 0. The van der Waals surface area contributed by atoms with Crippen LogP contribution >= 0.6 is 0 Å². The average Bonchev–Trinajstić information content (AvgIpc) is 2.47. The van der Waals surface area contributed by atoms with Crippen LogP contribution in [0.3, 0.4) is 0 Å². The van der Waals surface area contributed by atoms with Gasteiger partial charge in [-0.25, -0.2) is 0 Å². The van der Waals surface area contributed by atoms with Crippen molar-refractivity contribution in [3.8, 4) is 0 Å². The van der Waals surface area contributed by atoms with Gasteiger partial charge >= 0.3 is 5.97 Å². The molecular formula is C20H22O2. The predicted molar refractivity (Wildman–Crippen MR) is 91.9 cm³/mol. The molecule has 0 spiro atoms. The molecular weight excluding hydrogens is 272 g/mol. The molecule has 114 valence electrons. The second kappa shape index (κ2) is 7.60. The van der Waals surface area contributed by atoms with E-state index in [1.165, 1.54) is 22.3 Å². The number of benzene rings is 2. The van der Waals surface area contributed by atoms with Gasteiger partial charge in [0.25, 0.3) is 0 Å². The summed E-state index contributed by atoms with van der Waals surface area (Å²) in [5.74, 6) is -0.730. The highest BCUT2D eigenvalue weighted by Gasteiger charge is 2.00. The van der Waals surface area contributed by atoms with Crippen LogP contribution < -0.4 is 0 Å². The predicted octanol–water partition coefficient (Wildman–Crippen LogP) is 4.88. The lowest BCUT2D eigenvalue weighted by atomic mass is 10.0. The summed E-state index contributed by atoms with van der Waals surface area (Å²) in [4.78, 5) is 10.6. The van der Waals surface area contributed by atoms with Crippen molar-refractivity contribution in [1.29, 1.82) is 0 Å². The smallest absolute Gasteiger partial charge is 0.303 e. The molecule has 0 unspecified atom stereocenters. The first-order valence-corrected chi connectivity index (χ1v) is 7.61. The molecule has 2 heteroatoms. The average molecular weight is 294 g/mol. The minimum atomic E-state index is -0.730. The van der Waals surface area contributed by atoms with Crippen molar-refractivity contribution in [2.45, 2.75) is 33.1 Å². The number of aryl methyl sites for hydroxylation is 3. The molecule has 0 aliphatic heterocycles. The Morgan fingerprint density at radius 2 is 1.73 bits per heavy atom. The lowest BCUT2D eigenvalue weighted by Gasteiger charge is -2.05. The van der Waals surface area contributed by atoms with E-state index in [9.17, 15) is 4.79 Å². The molecule has 0 amide bonds. The Morgan fingerprint density at radius 3 is 2.41 bits per heavy atom. The van der Waals surface area contributed by atoms with Gasteiger partial charge in [0.2, 0.25) is 0 Å². The summed E-state index contributed by atoms with van der Waals surface area (Å²) in [6, 6.07) is 14.6. The molecule has 0 aliphatic rings. The van der Waals surface area contributed by atoms with Crippen molar-refractivity contribution in [2.75, 3.05) is 0 Å². The number of aliphatic carboxylic acids is 1. The Balaban J connectivity index is 2.10.